The van der Waals surface area contributed by atoms with E-state index in [9.17, 15) is 36.6 Å². The summed E-state index contributed by atoms with van der Waals surface area (Å²) in [6.45, 7) is 3.74. The normalized spacial score (nSPS) is 20.0. The maximum absolute atomic E-state index is 14.5. The molecule has 0 spiro atoms. The van der Waals surface area contributed by atoms with Crippen molar-refractivity contribution >= 4 is 17.5 Å². The van der Waals surface area contributed by atoms with Crippen LogP contribution in [0.4, 0.5) is 27.6 Å². The average Bonchev–Trinajstić information content (AvgIpc) is 2.81. The van der Waals surface area contributed by atoms with Gasteiger partial charge in [0, 0.05) is 51.9 Å². The first-order valence-corrected chi connectivity index (χ1v) is 12.2. The van der Waals surface area contributed by atoms with Gasteiger partial charge in [-0.05, 0) is 49.7 Å². The van der Waals surface area contributed by atoms with Crippen molar-refractivity contribution in [3.8, 4) is 0 Å². The number of carbonyl (C=O) groups excluding carboxylic acids is 2. The molecular formula is C25H34F5N3O3. The van der Waals surface area contributed by atoms with Gasteiger partial charge in [-0.15, -0.1) is 0 Å². The zero-order valence-electron chi connectivity index (χ0n) is 21.0. The number of halogens is 5. The van der Waals surface area contributed by atoms with Crippen LogP contribution >= 0.6 is 0 Å². The van der Waals surface area contributed by atoms with Crippen LogP contribution in [0.3, 0.4) is 0 Å². The van der Waals surface area contributed by atoms with Gasteiger partial charge < -0.3 is 19.8 Å². The topological polar surface area (TPSA) is 64.1 Å². The summed E-state index contributed by atoms with van der Waals surface area (Å²) >= 11 is 0. The van der Waals surface area contributed by atoms with Crippen LogP contribution < -0.4 is 4.90 Å². The fraction of sp³-hybridized carbons (Fsp3) is 0.680. The molecule has 2 aliphatic rings. The third-order valence-electron chi connectivity index (χ3n) is 7.64. The molecular weight excluding hydrogens is 485 g/mol. The van der Waals surface area contributed by atoms with Crippen LogP contribution in [0.15, 0.2) is 12.1 Å². The Balaban J connectivity index is 1.58. The minimum absolute atomic E-state index is 0.145. The second-order valence-corrected chi connectivity index (χ2v) is 10.4. The number of piperidine rings is 2. The van der Waals surface area contributed by atoms with Crippen molar-refractivity contribution in [3.63, 3.8) is 0 Å². The zero-order chi connectivity index (χ0) is 27.0. The van der Waals surface area contributed by atoms with Crippen LogP contribution in [0, 0.1) is 29.4 Å². The van der Waals surface area contributed by atoms with Gasteiger partial charge in [-0.3, -0.25) is 9.59 Å². The standard InChI is InChI=1S/C25H34F5N3O3/c1-15(2)24(36,25(28,29)30)23(35)33-11-7-17(8-12-33)16-5-9-32(10-6-16)18-13-19(26)21(20(27)14-18)22(34)31(3)4/h13-17,36H,5-12H2,1-4H3. The van der Waals surface area contributed by atoms with E-state index in [2.05, 4.69) is 0 Å². The van der Waals surface area contributed by atoms with Gasteiger partial charge in [-0.2, -0.15) is 13.2 Å². The fourth-order valence-corrected chi connectivity index (χ4v) is 5.31. The molecule has 0 aromatic heterocycles. The molecule has 6 nitrogen and oxygen atoms in total. The van der Waals surface area contributed by atoms with Crippen molar-refractivity contribution in [1.82, 2.24) is 9.80 Å². The summed E-state index contributed by atoms with van der Waals surface area (Å²) in [5.74, 6) is -4.69. The van der Waals surface area contributed by atoms with Gasteiger partial charge in [0.15, 0.2) is 0 Å². The van der Waals surface area contributed by atoms with Crippen molar-refractivity contribution in [2.75, 3.05) is 45.2 Å². The Morgan fingerprint density at radius 3 is 1.78 bits per heavy atom. The number of hydrogen-bond donors (Lipinski definition) is 1. The Morgan fingerprint density at radius 1 is 0.944 bits per heavy atom. The number of aliphatic hydroxyl groups is 1. The Kier molecular flexibility index (Phi) is 8.22. The molecule has 1 aromatic rings. The molecule has 1 unspecified atom stereocenters. The van der Waals surface area contributed by atoms with Gasteiger partial charge in [0.25, 0.3) is 11.8 Å². The lowest BCUT2D eigenvalue weighted by atomic mass is 9.78. The molecule has 11 heteroatoms. The molecule has 2 heterocycles. The number of carbonyl (C=O) groups is 2. The van der Waals surface area contributed by atoms with Crippen molar-refractivity contribution < 1.29 is 36.6 Å². The van der Waals surface area contributed by atoms with Crippen LogP contribution in [0.5, 0.6) is 0 Å². The van der Waals surface area contributed by atoms with Crippen LogP contribution in [-0.4, -0.2) is 78.8 Å². The Hall–Kier alpha value is -2.43. The van der Waals surface area contributed by atoms with E-state index in [4.69, 9.17) is 0 Å². The number of likely N-dealkylation sites (tertiary alicyclic amines) is 1. The quantitative estimate of drug-likeness (QED) is 0.596. The first kappa shape index (κ1) is 28.1. The smallest absolute Gasteiger partial charge is 0.372 e. The number of rotatable bonds is 5. The summed E-state index contributed by atoms with van der Waals surface area (Å²) in [6.07, 6.45) is -2.52. The Labute approximate surface area is 208 Å². The zero-order valence-corrected chi connectivity index (χ0v) is 21.0. The summed E-state index contributed by atoms with van der Waals surface area (Å²) < 4.78 is 69.5. The van der Waals surface area contributed by atoms with Gasteiger partial charge >= 0.3 is 6.18 Å². The highest BCUT2D eigenvalue weighted by atomic mass is 19.4. The van der Waals surface area contributed by atoms with E-state index < -0.39 is 46.7 Å². The molecule has 0 saturated carbocycles. The Morgan fingerprint density at radius 2 is 1.39 bits per heavy atom. The molecule has 1 atom stereocenters. The average molecular weight is 520 g/mol. The lowest BCUT2D eigenvalue weighted by Crippen LogP contribution is -2.62. The minimum atomic E-state index is -5.06. The monoisotopic (exact) mass is 519 g/mol. The number of amides is 2. The SMILES string of the molecule is CC(C)C(O)(C(=O)N1CCC(C2CCN(c3cc(F)c(C(=O)N(C)C)c(F)c3)CC2)CC1)C(F)(F)F. The summed E-state index contributed by atoms with van der Waals surface area (Å²) in [5, 5.41) is 10.2. The summed E-state index contributed by atoms with van der Waals surface area (Å²) in [6, 6.07) is 2.33. The molecule has 202 valence electrons. The van der Waals surface area contributed by atoms with Gasteiger partial charge in [-0.1, -0.05) is 13.8 Å². The summed E-state index contributed by atoms with van der Waals surface area (Å²) in [7, 11) is 2.84. The highest BCUT2D eigenvalue weighted by Gasteiger charge is 2.62. The number of hydrogen-bond acceptors (Lipinski definition) is 4. The first-order valence-electron chi connectivity index (χ1n) is 12.2. The van der Waals surface area contributed by atoms with Crippen LogP contribution in [0.2, 0.25) is 0 Å². The predicted octanol–water partition coefficient (Wildman–Crippen LogP) is 4.07. The molecule has 2 aliphatic heterocycles. The summed E-state index contributed by atoms with van der Waals surface area (Å²) in [4.78, 5) is 28.7. The van der Waals surface area contributed by atoms with Crippen LogP contribution in [-0.2, 0) is 4.79 Å². The van der Waals surface area contributed by atoms with Gasteiger partial charge in [0.2, 0.25) is 5.60 Å². The molecule has 1 aromatic carbocycles. The second-order valence-electron chi connectivity index (χ2n) is 10.4. The molecule has 0 bridgehead atoms. The molecule has 2 amide bonds. The summed E-state index contributed by atoms with van der Waals surface area (Å²) in [5.41, 5.74) is -3.63. The largest absolute Gasteiger partial charge is 0.426 e. The highest BCUT2D eigenvalue weighted by molar-refractivity contribution is 5.94. The van der Waals surface area contributed by atoms with Crippen molar-refractivity contribution in [2.45, 2.75) is 51.3 Å². The second kappa shape index (κ2) is 10.5. The van der Waals surface area contributed by atoms with E-state index in [1.54, 1.807) is 0 Å². The maximum Gasteiger partial charge on any atom is 0.426 e. The number of nitrogens with zero attached hydrogens (tertiary/aromatic N) is 3. The maximum atomic E-state index is 14.5. The van der Waals surface area contributed by atoms with E-state index in [1.807, 2.05) is 4.90 Å². The van der Waals surface area contributed by atoms with Crippen molar-refractivity contribution in [3.05, 3.63) is 29.3 Å². The van der Waals surface area contributed by atoms with Gasteiger partial charge in [-0.25, -0.2) is 8.78 Å². The number of anilines is 1. The van der Waals surface area contributed by atoms with E-state index in [0.717, 1.165) is 22.6 Å². The molecule has 0 radical (unpaired) electrons. The van der Waals surface area contributed by atoms with E-state index in [-0.39, 0.29) is 24.9 Å². The van der Waals surface area contributed by atoms with Gasteiger partial charge in [0.05, 0.1) is 0 Å². The van der Waals surface area contributed by atoms with Crippen molar-refractivity contribution in [2.24, 2.45) is 17.8 Å². The molecule has 1 N–H and O–H groups in total. The molecule has 0 aliphatic carbocycles. The minimum Gasteiger partial charge on any atom is -0.372 e. The lowest BCUT2D eigenvalue weighted by molar-refractivity contribution is -0.270. The molecule has 3 rings (SSSR count). The van der Waals surface area contributed by atoms with E-state index in [1.165, 1.54) is 40.1 Å². The number of benzene rings is 1. The third kappa shape index (κ3) is 5.31. The lowest BCUT2D eigenvalue weighted by Gasteiger charge is -2.43. The molecule has 2 fully saturated rings. The van der Waals surface area contributed by atoms with Crippen molar-refractivity contribution in [1.29, 1.82) is 0 Å². The fourth-order valence-electron chi connectivity index (χ4n) is 5.31. The van der Waals surface area contributed by atoms with Crippen LogP contribution in [0.1, 0.15) is 49.9 Å². The predicted molar refractivity (Wildman–Crippen MR) is 124 cm³/mol. The van der Waals surface area contributed by atoms with E-state index >= 15 is 0 Å². The molecule has 2 saturated heterocycles. The van der Waals surface area contributed by atoms with E-state index in [0.29, 0.717) is 31.6 Å². The molecule has 36 heavy (non-hydrogen) atoms. The van der Waals surface area contributed by atoms with Crippen LogP contribution in [0.25, 0.3) is 0 Å². The third-order valence-corrected chi connectivity index (χ3v) is 7.64. The highest BCUT2D eigenvalue weighted by Crippen LogP contribution is 2.40. The van der Waals surface area contributed by atoms with Gasteiger partial charge in [0.1, 0.15) is 17.2 Å². The number of alkyl halides is 3. The Bertz CT molecular complexity index is 945. The first-order chi connectivity index (χ1) is 16.7.